The third-order valence-electron chi connectivity index (χ3n) is 10.3. The fraction of sp³-hybridized carbons (Fsp3) is 0.455. The smallest absolute Gasteiger partial charge is 0.250 e. The average molecular weight is 721 g/mol. The van der Waals surface area contributed by atoms with Crippen molar-refractivity contribution in [2.75, 3.05) is 27.4 Å². The molecule has 0 unspecified atom stereocenters. The molecule has 0 amide bonds. The van der Waals surface area contributed by atoms with E-state index < -0.39 is 8.32 Å². The Labute approximate surface area is 318 Å². The van der Waals surface area contributed by atoms with Crippen molar-refractivity contribution in [1.29, 1.82) is 0 Å². The molecule has 0 spiro atoms. The second-order valence-electron chi connectivity index (χ2n) is 15.8. The molecule has 0 aromatic heterocycles. The first-order valence-corrected chi connectivity index (χ1v) is 21.4. The third-order valence-corrected chi connectivity index (χ3v) is 14.7. The van der Waals surface area contributed by atoms with Gasteiger partial charge in [-0.3, -0.25) is 0 Å². The van der Waals surface area contributed by atoms with E-state index in [1.165, 1.54) is 68.1 Å². The summed E-state index contributed by atoms with van der Waals surface area (Å²) < 4.78 is 22.2. The second-order valence-corrected chi connectivity index (χ2v) is 20.5. The second kappa shape index (κ2) is 18.4. The van der Waals surface area contributed by atoms with Crippen LogP contribution in [0.5, 0.6) is 23.0 Å². The van der Waals surface area contributed by atoms with Crippen LogP contribution >= 0.6 is 0 Å². The largest absolute Gasteiger partial charge is 0.543 e. The lowest BCUT2D eigenvalue weighted by Gasteiger charge is -2.36. The van der Waals surface area contributed by atoms with Crippen molar-refractivity contribution in [1.82, 2.24) is 0 Å². The topological polar surface area (TPSA) is 57.2 Å². The van der Waals surface area contributed by atoms with Crippen LogP contribution in [0.4, 0.5) is 0 Å². The van der Waals surface area contributed by atoms with E-state index in [1.54, 1.807) is 26.4 Å². The molecule has 0 bridgehead atoms. The van der Waals surface area contributed by atoms with E-state index in [0.29, 0.717) is 5.75 Å². The van der Waals surface area contributed by atoms with E-state index in [-0.39, 0.29) is 5.04 Å². The Morgan fingerprint density at radius 3 is 1.08 bits per heavy atom. The summed E-state index contributed by atoms with van der Waals surface area (Å²) in [6.45, 7) is 30.3. The number of hydrogen-bond acceptors (Lipinski definition) is 5. The number of aromatic hydroxyl groups is 1. The van der Waals surface area contributed by atoms with Gasteiger partial charge in [-0.05, 0) is 135 Å². The maximum Gasteiger partial charge on any atom is 0.250 e. The van der Waals surface area contributed by atoms with Crippen molar-refractivity contribution in [3.8, 4) is 23.0 Å². The maximum atomic E-state index is 9.63. The minimum absolute atomic E-state index is 0.191. The third kappa shape index (κ3) is 11.4. The summed E-state index contributed by atoms with van der Waals surface area (Å²) in [6, 6.07) is 16.3. The van der Waals surface area contributed by atoms with E-state index in [9.17, 15) is 5.11 Å². The van der Waals surface area contributed by atoms with Gasteiger partial charge in [-0.2, -0.15) is 0 Å². The molecule has 8 heteroatoms. The van der Waals surface area contributed by atoms with E-state index in [0.717, 1.165) is 41.6 Å². The molecule has 1 heterocycles. The summed E-state index contributed by atoms with van der Waals surface area (Å²) in [4.78, 5) is 0. The number of phenolic OH excluding ortho intramolecular Hbond substituents is 1. The van der Waals surface area contributed by atoms with Crippen molar-refractivity contribution in [2.24, 2.45) is 0 Å². The standard InChI is InChI=1S/C23H34BO2Si.C17H20BO2.C4H8O/c1-15-11-19(25-8)12-16(2)21(15)24-22-17(3)13-20(14-18(22)4)26-27(9,10)23(5,6)7;1-10-6-14(19)7-11(2)16(10)18-17-12(3)8-15(20-5)9-13(17)4;1-2-4-5-3-1/h11-14H,1-10H3;6-9,19H,1-5H3;1-4H2. The molecule has 0 saturated carbocycles. The first-order chi connectivity index (χ1) is 24.3. The Balaban J connectivity index is 0.000000254. The predicted molar refractivity (Wildman–Crippen MR) is 226 cm³/mol. The Morgan fingerprint density at radius 2 is 0.827 bits per heavy atom. The van der Waals surface area contributed by atoms with Gasteiger partial charge in [0.25, 0.3) is 0 Å². The molecule has 52 heavy (non-hydrogen) atoms. The molecule has 1 fully saturated rings. The van der Waals surface area contributed by atoms with Crippen LogP contribution in [0.1, 0.15) is 78.1 Å². The van der Waals surface area contributed by atoms with Crippen LogP contribution in [0.2, 0.25) is 18.1 Å². The Morgan fingerprint density at radius 1 is 0.538 bits per heavy atom. The van der Waals surface area contributed by atoms with Gasteiger partial charge in [-0.1, -0.05) is 87.1 Å². The van der Waals surface area contributed by atoms with E-state index in [4.69, 9.17) is 18.6 Å². The van der Waals surface area contributed by atoms with Crippen LogP contribution in [-0.2, 0) is 4.74 Å². The van der Waals surface area contributed by atoms with Gasteiger partial charge >= 0.3 is 0 Å². The number of methoxy groups -OCH3 is 2. The van der Waals surface area contributed by atoms with Crippen LogP contribution in [0.15, 0.2) is 48.5 Å². The van der Waals surface area contributed by atoms with Crippen LogP contribution in [0.3, 0.4) is 0 Å². The van der Waals surface area contributed by atoms with Crippen LogP contribution in [0.25, 0.3) is 0 Å². The fourth-order valence-corrected chi connectivity index (χ4v) is 7.22. The molecule has 0 atom stereocenters. The summed E-state index contributed by atoms with van der Waals surface area (Å²) in [7, 11) is 6.05. The number of aryl methyl sites for hydroxylation is 8. The van der Waals surface area contributed by atoms with Crippen LogP contribution in [0, 0.1) is 55.4 Å². The van der Waals surface area contributed by atoms with E-state index in [1.807, 2.05) is 26.0 Å². The predicted octanol–water partition coefficient (Wildman–Crippen LogP) is 8.05. The normalized spacial score (nSPS) is 12.6. The molecule has 1 aliphatic rings. The van der Waals surface area contributed by atoms with Crippen molar-refractivity contribution >= 4 is 44.7 Å². The number of hydrogen-bond donors (Lipinski definition) is 1. The first kappa shape index (κ1) is 42.8. The van der Waals surface area contributed by atoms with Gasteiger partial charge in [-0.25, -0.2) is 0 Å². The molecular formula is C44H62B2O5Si. The summed E-state index contributed by atoms with van der Waals surface area (Å²) in [5, 5.41) is 9.82. The highest BCUT2D eigenvalue weighted by molar-refractivity contribution is 6.74. The quantitative estimate of drug-likeness (QED) is 0.187. The van der Waals surface area contributed by atoms with E-state index >= 15 is 0 Å². The van der Waals surface area contributed by atoms with Gasteiger partial charge < -0.3 is 23.7 Å². The lowest BCUT2D eigenvalue weighted by atomic mass is 9.58. The highest BCUT2D eigenvalue weighted by Gasteiger charge is 2.39. The van der Waals surface area contributed by atoms with Gasteiger partial charge in [-0.15, -0.1) is 0 Å². The summed E-state index contributed by atoms with van der Waals surface area (Å²) >= 11 is 0. The molecule has 1 N–H and O–H groups in total. The van der Waals surface area contributed by atoms with Crippen LogP contribution in [-0.4, -0.2) is 55.4 Å². The summed E-state index contributed by atoms with van der Waals surface area (Å²) in [5.41, 5.74) is 14.4. The molecular weight excluding hydrogens is 658 g/mol. The SMILES string of the molecule is C1CCOC1.COc1cc(C)c([B]c2c(C)cc(O)cc2C)c(C)c1.COc1cc(C)c([B]c2c(C)cc(O[Si](C)(C)C(C)(C)C)cc2C)c(C)c1. The van der Waals surface area contributed by atoms with Crippen molar-refractivity contribution < 1.29 is 23.7 Å². The molecule has 5 rings (SSSR count). The molecule has 2 radical (unpaired) electrons. The highest BCUT2D eigenvalue weighted by Crippen LogP contribution is 2.37. The van der Waals surface area contributed by atoms with Gasteiger partial charge in [0.15, 0.2) is 14.6 Å². The van der Waals surface area contributed by atoms with Crippen LogP contribution < -0.4 is 35.8 Å². The van der Waals surface area contributed by atoms with Crippen molar-refractivity contribution in [2.45, 2.75) is 107 Å². The molecule has 4 aromatic rings. The zero-order valence-electron chi connectivity index (χ0n) is 34.7. The van der Waals surface area contributed by atoms with Crippen molar-refractivity contribution in [3.05, 3.63) is 93.0 Å². The van der Waals surface area contributed by atoms with Gasteiger partial charge in [0.05, 0.1) is 14.2 Å². The number of ether oxygens (including phenoxy) is 3. The Hall–Kier alpha value is -3.61. The summed E-state index contributed by atoms with van der Waals surface area (Å²) in [6.07, 6.45) is 2.56. The van der Waals surface area contributed by atoms with Gasteiger partial charge in [0.1, 0.15) is 23.0 Å². The minimum Gasteiger partial charge on any atom is -0.543 e. The molecule has 0 aliphatic carbocycles. The first-order valence-electron chi connectivity index (χ1n) is 18.5. The van der Waals surface area contributed by atoms with Gasteiger partial charge in [0.2, 0.25) is 8.32 Å². The lowest BCUT2D eigenvalue weighted by molar-refractivity contribution is 0.198. The molecule has 1 aliphatic heterocycles. The number of phenols is 1. The zero-order valence-corrected chi connectivity index (χ0v) is 35.7. The molecule has 278 valence electrons. The minimum atomic E-state index is -1.84. The number of benzene rings is 4. The zero-order chi connectivity index (χ0) is 39.0. The fourth-order valence-electron chi connectivity index (χ4n) is 6.21. The molecule has 5 nitrogen and oxygen atoms in total. The lowest BCUT2D eigenvalue weighted by Crippen LogP contribution is -2.44. The Bertz CT molecular complexity index is 1720. The molecule has 1 saturated heterocycles. The maximum absolute atomic E-state index is 9.63. The molecule has 4 aromatic carbocycles. The number of rotatable bonds is 8. The summed E-state index contributed by atoms with van der Waals surface area (Å²) in [5.74, 6) is 3.11. The average Bonchev–Trinajstić information content (AvgIpc) is 3.63. The van der Waals surface area contributed by atoms with Gasteiger partial charge in [0, 0.05) is 13.2 Å². The van der Waals surface area contributed by atoms with Crippen molar-refractivity contribution in [3.63, 3.8) is 0 Å². The monoisotopic (exact) mass is 720 g/mol. The Kier molecular flexibility index (Phi) is 15.2. The highest BCUT2D eigenvalue weighted by atomic mass is 28.4. The van der Waals surface area contributed by atoms with E-state index in [2.05, 4.69) is 114 Å².